The summed E-state index contributed by atoms with van der Waals surface area (Å²) in [7, 11) is 3.32. The van der Waals surface area contributed by atoms with Gasteiger partial charge in [0.25, 0.3) is 0 Å². The third-order valence-corrected chi connectivity index (χ3v) is 4.21. The molecule has 1 atom stereocenters. The Labute approximate surface area is 121 Å². The summed E-state index contributed by atoms with van der Waals surface area (Å²) >= 11 is 7.46. The van der Waals surface area contributed by atoms with Crippen molar-refractivity contribution in [3.8, 4) is 5.75 Å². The van der Waals surface area contributed by atoms with Gasteiger partial charge in [-0.15, -0.1) is 11.3 Å². The van der Waals surface area contributed by atoms with Crippen LogP contribution in [0, 0.1) is 5.82 Å². The minimum absolute atomic E-state index is 0.0510. The van der Waals surface area contributed by atoms with Gasteiger partial charge in [0.05, 0.1) is 11.4 Å². The van der Waals surface area contributed by atoms with Crippen LogP contribution in [0.1, 0.15) is 16.5 Å². The van der Waals surface area contributed by atoms with Crippen LogP contribution in [0.4, 0.5) is 4.39 Å². The van der Waals surface area contributed by atoms with Crippen molar-refractivity contribution in [3.63, 3.8) is 0 Å². The van der Waals surface area contributed by atoms with Gasteiger partial charge in [-0.25, -0.2) is 4.39 Å². The molecule has 2 rings (SSSR count). The van der Waals surface area contributed by atoms with Crippen LogP contribution in [0.3, 0.4) is 0 Å². The Morgan fingerprint density at radius 3 is 2.68 bits per heavy atom. The van der Waals surface area contributed by atoms with Crippen LogP contribution < -0.4 is 10.1 Å². The maximum Gasteiger partial charge on any atom is 0.165 e. The SMILES string of the molecule is CNC(Cc1ccc(Cl)s1)c1ccc(OC)c(F)c1. The van der Waals surface area contributed by atoms with Crippen molar-refractivity contribution in [1.82, 2.24) is 5.32 Å². The normalized spacial score (nSPS) is 12.4. The van der Waals surface area contributed by atoms with Crippen LogP contribution in [-0.2, 0) is 6.42 Å². The fourth-order valence-electron chi connectivity index (χ4n) is 1.95. The van der Waals surface area contributed by atoms with Crippen molar-refractivity contribution in [2.75, 3.05) is 14.2 Å². The number of hydrogen-bond acceptors (Lipinski definition) is 3. The molecule has 2 aromatic rings. The maximum atomic E-state index is 13.7. The smallest absolute Gasteiger partial charge is 0.165 e. The highest BCUT2D eigenvalue weighted by Gasteiger charge is 2.14. The highest BCUT2D eigenvalue weighted by molar-refractivity contribution is 7.16. The van der Waals surface area contributed by atoms with Gasteiger partial charge in [-0.2, -0.15) is 0 Å². The fourth-order valence-corrected chi connectivity index (χ4v) is 3.08. The quantitative estimate of drug-likeness (QED) is 0.899. The summed E-state index contributed by atoms with van der Waals surface area (Å²) in [5.41, 5.74) is 0.894. The topological polar surface area (TPSA) is 21.3 Å². The predicted octanol–water partition coefficient (Wildman–Crippen LogP) is 4.05. The molecule has 102 valence electrons. The van der Waals surface area contributed by atoms with Crippen molar-refractivity contribution in [3.05, 3.63) is 50.9 Å². The molecule has 0 saturated heterocycles. The lowest BCUT2D eigenvalue weighted by atomic mass is 10.0. The summed E-state index contributed by atoms with van der Waals surface area (Å²) in [6.45, 7) is 0. The average Bonchev–Trinajstić information content (AvgIpc) is 2.81. The highest BCUT2D eigenvalue weighted by atomic mass is 35.5. The second kappa shape index (κ2) is 6.37. The zero-order valence-electron chi connectivity index (χ0n) is 10.7. The summed E-state index contributed by atoms with van der Waals surface area (Å²) in [4.78, 5) is 1.17. The third-order valence-electron chi connectivity index (χ3n) is 2.96. The van der Waals surface area contributed by atoms with E-state index in [1.165, 1.54) is 18.1 Å². The number of hydrogen-bond donors (Lipinski definition) is 1. The minimum Gasteiger partial charge on any atom is -0.494 e. The lowest BCUT2D eigenvalue weighted by molar-refractivity contribution is 0.385. The van der Waals surface area contributed by atoms with Gasteiger partial charge in [-0.05, 0) is 36.9 Å². The first-order chi connectivity index (χ1) is 9.13. The molecule has 0 bridgehead atoms. The molecule has 2 nitrogen and oxygen atoms in total. The van der Waals surface area contributed by atoms with E-state index < -0.39 is 0 Å². The number of benzene rings is 1. The van der Waals surface area contributed by atoms with Crippen LogP contribution in [0.2, 0.25) is 4.34 Å². The summed E-state index contributed by atoms with van der Waals surface area (Å²) in [6.07, 6.45) is 0.777. The van der Waals surface area contributed by atoms with E-state index in [0.29, 0.717) is 0 Å². The molecule has 1 unspecified atom stereocenters. The Bertz CT molecular complexity index is 558. The number of halogens is 2. The highest BCUT2D eigenvalue weighted by Crippen LogP contribution is 2.28. The van der Waals surface area contributed by atoms with Crippen molar-refractivity contribution in [1.29, 1.82) is 0 Å². The minimum atomic E-state index is -0.343. The summed E-state index contributed by atoms with van der Waals surface area (Å²) in [5, 5.41) is 3.20. The van der Waals surface area contributed by atoms with Gasteiger partial charge in [-0.3, -0.25) is 0 Å². The van der Waals surface area contributed by atoms with Gasteiger partial charge in [0.15, 0.2) is 11.6 Å². The molecule has 1 aromatic heterocycles. The Hall–Kier alpha value is -1.10. The van der Waals surface area contributed by atoms with Gasteiger partial charge in [0.1, 0.15) is 0 Å². The molecular weight excluding hydrogens is 285 g/mol. The second-order valence-corrected chi connectivity index (χ2v) is 5.94. The number of likely N-dealkylation sites (N-methyl/N-ethyl adjacent to an activating group) is 1. The van der Waals surface area contributed by atoms with E-state index in [1.807, 2.05) is 25.2 Å². The molecule has 0 aliphatic rings. The number of methoxy groups -OCH3 is 1. The van der Waals surface area contributed by atoms with Crippen LogP contribution in [0.25, 0.3) is 0 Å². The largest absolute Gasteiger partial charge is 0.494 e. The number of nitrogens with one attached hydrogen (secondary N) is 1. The zero-order valence-corrected chi connectivity index (χ0v) is 12.3. The molecule has 0 fully saturated rings. The van der Waals surface area contributed by atoms with E-state index >= 15 is 0 Å². The lowest BCUT2D eigenvalue weighted by Gasteiger charge is -2.16. The van der Waals surface area contributed by atoms with E-state index in [0.717, 1.165) is 16.3 Å². The van der Waals surface area contributed by atoms with Gasteiger partial charge in [0.2, 0.25) is 0 Å². The maximum absolute atomic E-state index is 13.7. The number of ether oxygens (including phenoxy) is 1. The summed E-state index contributed by atoms with van der Waals surface area (Å²) in [5.74, 6) is -0.0813. The molecule has 19 heavy (non-hydrogen) atoms. The lowest BCUT2D eigenvalue weighted by Crippen LogP contribution is -2.18. The average molecular weight is 300 g/mol. The van der Waals surface area contributed by atoms with Crippen LogP contribution in [0.5, 0.6) is 5.75 Å². The number of rotatable bonds is 5. The predicted molar refractivity (Wildman–Crippen MR) is 77.8 cm³/mol. The fraction of sp³-hybridized carbons (Fsp3) is 0.286. The molecule has 0 saturated carbocycles. The van der Waals surface area contributed by atoms with E-state index in [4.69, 9.17) is 16.3 Å². The third kappa shape index (κ3) is 3.47. The first kappa shape index (κ1) is 14.3. The Morgan fingerprint density at radius 1 is 1.37 bits per heavy atom. The molecule has 1 heterocycles. The monoisotopic (exact) mass is 299 g/mol. The molecule has 0 spiro atoms. The van der Waals surface area contributed by atoms with E-state index in [9.17, 15) is 4.39 Å². The standard InChI is InChI=1S/C14H15ClFNOS/c1-17-12(8-10-4-6-14(15)19-10)9-3-5-13(18-2)11(16)7-9/h3-7,12,17H,8H2,1-2H3. The Morgan fingerprint density at radius 2 is 2.16 bits per heavy atom. The molecular formula is C14H15ClFNOS. The van der Waals surface area contributed by atoms with E-state index in [2.05, 4.69) is 5.32 Å². The Kier molecular flexibility index (Phi) is 4.80. The zero-order chi connectivity index (χ0) is 13.8. The Balaban J connectivity index is 2.19. The summed E-state index contributed by atoms with van der Waals surface area (Å²) in [6, 6.07) is 8.96. The summed E-state index contributed by atoms with van der Waals surface area (Å²) < 4.78 is 19.4. The van der Waals surface area contributed by atoms with Crippen LogP contribution >= 0.6 is 22.9 Å². The van der Waals surface area contributed by atoms with Gasteiger partial charge in [0, 0.05) is 17.3 Å². The van der Waals surface area contributed by atoms with Gasteiger partial charge >= 0.3 is 0 Å². The molecule has 1 aromatic carbocycles. The first-order valence-corrected chi connectivity index (χ1v) is 7.08. The van der Waals surface area contributed by atoms with E-state index in [-0.39, 0.29) is 17.6 Å². The van der Waals surface area contributed by atoms with Crippen LogP contribution in [0.15, 0.2) is 30.3 Å². The molecule has 5 heteroatoms. The van der Waals surface area contributed by atoms with Crippen molar-refractivity contribution < 1.29 is 9.13 Å². The van der Waals surface area contributed by atoms with Crippen molar-refractivity contribution >= 4 is 22.9 Å². The van der Waals surface area contributed by atoms with Crippen LogP contribution in [-0.4, -0.2) is 14.2 Å². The molecule has 1 N–H and O–H groups in total. The van der Waals surface area contributed by atoms with Gasteiger partial charge in [-0.1, -0.05) is 17.7 Å². The van der Waals surface area contributed by atoms with Crippen molar-refractivity contribution in [2.45, 2.75) is 12.5 Å². The van der Waals surface area contributed by atoms with Crippen molar-refractivity contribution in [2.24, 2.45) is 0 Å². The molecule has 0 aliphatic carbocycles. The molecule has 0 radical (unpaired) electrons. The first-order valence-electron chi connectivity index (χ1n) is 5.89. The second-order valence-electron chi connectivity index (χ2n) is 4.15. The van der Waals surface area contributed by atoms with Gasteiger partial charge < -0.3 is 10.1 Å². The number of thiophene rings is 1. The molecule has 0 amide bonds. The molecule has 0 aliphatic heterocycles. The van der Waals surface area contributed by atoms with E-state index in [1.54, 1.807) is 17.4 Å².